The molecular weight excluding hydrogens is 380 g/mol. The average molecular weight is 400 g/mol. The highest BCUT2D eigenvalue weighted by atomic mass is 16.5. The van der Waals surface area contributed by atoms with Gasteiger partial charge in [-0.15, -0.1) is 0 Å². The standard InChI is InChI=1S/C24H20N2O4/c1-15-11-19(29-24(28)17-5-4-10-25-14-17)13-20-22(15)23(27)21(30-20)12-16-6-8-18(9-7-16)26(2)3/h4-14H,1-3H3/b21-12-. The van der Waals surface area contributed by atoms with Crippen molar-refractivity contribution in [3.63, 3.8) is 0 Å². The van der Waals surface area contributed by atoms with Gasteiger partial charge in [0.05, 0.1) is 11.1 Å². The average Bonchev–Trinajstić information content (AvgIpc) is 3.04. The molecule has 4 rings (SSSR count). The minimum atomic E-state index is -0.525. The Morgan fingerprint density at radius 3 is 2.57 bits per heavy atom. The van der Waals surface area contributed by atoms with Crippen LogP contribution in [0, 0.1) is 6.92 Å². The van der Waals surface area contributed by atoms with E-state index in [1.54, 1.807) is 43.5 Å². The number of hydrogen-bond donors (Lipinski definition) is 0. The lowest BCUT2D eigenvalue weighted by molar-refractivity contribution is 0.0734. The molecule has 1 aliphatic heterocycles. The van der Waals surface area contributed by atoms with Gasteiger partial charge in [-0.25, -0.2) is 4.79 Å². The monoisotopic (exact) mass is 400 g/mol. The van der Waals surface area contributed by atoms with Gasteiger partial charge in [0.1, 0.15) is 11.5 Å². The fourth-order valence-electron chi connectivity index (χ4n) is 3.21. The highest BCUT2D eigenvalue weighted by Crippen LogP contribution is 2.37. The first kappa shape index (κ1) is 19.4. The lowest BCUT2D eigenvalue weighted by Gasteiger charge is -2.11. The summed E-state index contributed by atoms with van der Waals surface area (Å²) in [5.74, 6) is 0.212. The molecule has 3 aromatic rings. The SMILES string of the molecule is Cc1cc(OC(=O)c2cccnc2)cc2c1C(=O)/C(=C/c1ccc(N(C)C)cc1)O2. The van der Waals surface area contributed by atoms with E-state index in [-0.39, 0.29) is 11.5 Å². The summed E-state index contributed by atoms with van der Waals surface area (Å²) in [6.45, 7) is 1.79. The number of ether oxygens (including phenoxy) is 2. The van der Waals surface area contributed by atoms with Gasteiger partial charge in [0.15, 0.2) is 5.76 Å². The van der Waals surface area contributed by atoms with Crippen molar-refractivity contribution >= 4 is 23.5 Å². The molecule has 30 heavy (non-hydrogen) atoms. The quantitative estimate of drug-likeness (QED) is 0.370. The van der Waals surface area contributed by atoms with Crippen molar-refractivity contribution in [3.8, 4) is 11.5 Å². The predicted octanol–water partition coefficient (Wildman–Crippen LogP) is 4.29. The van der Waals surface area contributed by atoms with Crippen LogP contribution in [0.2, 0.25) is 0 Å². The number of carbonyl (C=O) groups excluding carboxylic acids is 2. The molecule has 2 aromatic carbocycles. The molecule has 1 aliphatic rings. The number of rotatable bonds is 4. The molecule has 0 aliphatic carbocycles. The van der Waals surface area contributed by atoms with E-state index in [1.807, 2.05) is 43.3 Å². The summed E-state index contributed by atoms with van der Waals surface area (Å²) < 4.78 is 11.2. The third kappa shape index (κ3) is 3.80. The van der Waals surface area contributed by atoms with E-state index in [1.165, 1.54) is 6.20 Å². The summed E-state index contributed by atoms with van der Waals surface area (Å²) in [5.41, 5.74) is 3.42. The fraction of sp³-hybridized carbons (Fsp3) is 0.125. The normalized spacial score (nSPS) is 13.7. The number of nitrogens with zero attached hydrogens (tertiary/aromatic N) is 2. The van der Waals surface area contributed by atoms with Gasteiger partial charge in [-0.2, -0.15) is 0 Å². The molecule has 150 valence electrons. The van der Waals surface area contributed by atoms with Crippen LogP contribution in [0.25, 0.3) is 6.08 Å². The molecule has 0 spiro atoms. The molecule has 0 radical (unpaired) electrons. The molecule has 0 unspecified atom stereocenters. The Kier molecular flexibility index (Phi) is 5.06. The van der Waals surface area contributed by atoms with Crippen molar-refractivity contribution in [2.45, 2.75) is 6.92 Å². The van der Waals surface area contributed by atoms with Gasteiger partial charge < -0.3 is 14.4 Å². The molecule has 1 aromatic heterocycles. The number of pyridine rings is 1. The van der Waals surface area contributed by atoms with Gasteiger partial charge in [-0.3, -0.25) is 9.78 Å². The second kappa shape index (κ2) is 7.83. The van der Waals surface area contributed by atoms with Gasteiger partial charge in [-0.05, 0) is 54.5 Å². The highest BCUT2D eigenvalue weighted by molar-refractivity contribution is 6.15. The summed E-state index contributed by atoms with van der Waals surface area (Å²) in [6, 6.07) is 14.3. The van der Waals surface area contributed by atoms with Gasteiger partial charge in [-0.1, -0.05) is 12.1 Å². The third-order valence-electron chi connectivity index (χ3n) is 4.76. The van der Waals surface area contributed by atoms with E-state index in [9.17, 15) is 9.59 Å². The van der Waals surface area contributed by atoms with Crippen LogP contribution >= 0.6 is 0 Å². The Bertz CT molecular complexity index is 1150. The largest absolute Gasteiger partial charge is 0.452 e. The van der Waals surface area contributed by atoms with Crippen molar-refractivity contribution in [2.24, 2.45) is 0 Å². The number of fused-ring (bicyclic) bond motifs is 1. The number of anilines is 1. The Hall–Kier alpha value is -3.93. The highest BCUT2D eigenvalue weighted by Gasteiger charge is 2.30. The zero-order valence-electron chi connectivity index (χ0n) is 16.9. The van der Waals surface area contributed by atoms with Crippen LogP contribution in [0.4, 0.5) is 5.69 Å². The minimum Gasteiger partial charge on any atom is -0.452 e. The minimum absolute atomic E-state index is 0.190. The van der Waals surface area contributed by atoms with Gasteiger partial charge >= 0.3 is 5.97 Å². The molecule has 0 fully saturated rings. The van der Waals surface area contributed by atoms with Gasteiger partial charge in [0.2, 0.25) is 5.78 Å². The van der Waals surface area contributed by atoms with Crippen molar-refractivity contribution < 1.29 is 19.1 Å². The van der Waals surface area contributed by atoms with Gasteiger partial charge in [0, 0.05) is 38.2 Å². The Morgan fingerprint density at radius 1 is 1.13 bits per heavy atom. The second-order valence-corrected chi connectivity index (χ2v) is 7.17. The maximum Gasteiger partial charge on any atom is 0.345 e. The van der Waals surface area contributed by atoms with Crippen LogP contribution in [0.1, 0.15) is 31.8 Å². The van der Waals surface area contributed by atoms with E-state index >= 15 is 0 Å². The number of ketones is 1. The number of esters is 1. The van der Waals surface area contributed by atoms with Gasteiger partial charge in [0.25, 0.3) is 0 Å². The number of aromatic nitrogens is 1. The van der Waals surface area contributed by atoms with Crippen LogP contribution < -0.4 is 14.4 Å². The smallest absolute Gasteiger partial charge is 0.345 e. The number of benzene rings is 2. The second-order valence-electron chi connectivity index (χ2n) is 7.17. The molecule has 0 atom stereocenters. The lowest BCUT2D eigenvalue weighted by atomic mass is 10.0. The van der Waals surface area contributed by atoms with Crippen LogP contribution in [-0.4, -0.2) is 30.8 Å². The van der Waals surface area contributed by atoms with Crippen molar-refractivity contribution in [1.29, 1.82) is 0 Å². The summed E-state index contributed by atoms with van der Waals surface area (Å²) in [5, 5.41) is 0. The summed E-state index contributed by atoms with van der Waals surface area (Å²) >= 11 is 0. The number of carbonyl (C=O) groups is 2. The van der Waals surface area contributed by atoms with Crippen molar-refractivity contribution in [2.75, 3.05) is 19.0 Å². The number of allylic oxidation sites excluding steroid dienone is 1. The molecular formula is C24H20N2O4. The first-order valence-corrected chi connectivity index (χ1v) is 9.41. The first-order chi connectivity index (χ1) is 14.4. The molecule has 0 N–H and O–H groups in total. The van der Waals surface area contributed by atoms with Crippen molar-refractivity contribution in [1.82, 2.24) is 4.98 Å². The summed E-state index contributed by atoms with van der Waals surface area (Å²) in [7, 11) is 3.93. The van der Waals surface area contributed by atoms with Crippen LogP contribution in [0.5, 0.6) is 11.5 Å². The van der Waals surface area contributed by atoms with Crippen LogP contribution in [-0.2, 0) is 0 Å². The maximum absolute atomic E-state index is 12.8. The Labute approximate surface area is 174 Å². The van der Waals surface area contributed by atoms with E-state index in [4.69, 9.17) is 9.47 Å². The molecule has 0 saturated carbocycles. The zero-order chi connectivity index (χ0) is 21.3. The Balaban J connectivity index is 1.58. The van der Waals surface area contributed by atoms with Crippen LogP contribution in [0.15, 0.2) is 66.7 Å². The van der Waals surface area contributed by atoms with E-state index in [2.05, 4.69) is 4.98 Å². The molecule has 0 amide bonds. The molecule has 0 bridgehead atoms. The molecule has 6 heteroatoms. The van der Waals surface area contributed by atoms with Crippen LogP contribution in [0.3, 0.4) is 0 Å². The molecule has 2 heterocycles. The lowest BCUT2D eigenvalue weighted by Crippen LogP contribution is -2.09. The van der Waals surface area contributed by atoms with E-state index in [0.29, 0.717) is 28.2 Å². The number of aryl methyl sites for hydroxylation is 1. The summed E-state index contributed by atoms with van der Waals surface area (Å²) in [6.07, 6.45) is 4.73. The number of hydrogen-bond acceptors (Lipinski definition) is 6. The summed E-state index contributed by atoms with van der Waals surface area (Å²) in [4.78, 5) is 31.0. The predicted molar refractivity (Wildman–Crippen MR) is 114 cm³/mol. The van der Waals surface area contributed by atoms with E-state index < -0.39 is 5.97 Å². The molecule has 6 nitrogen and oxygen atoms in total. The third-order valence-corrected chi connectivity index (χ3v) is 4.76. The zero-order valence-corrected chi connectivity index (χ0v) is 16.9. The van der Waals surface area contributed by atoms with Crippen molar-refractivity contribution in [3.05, 3.63) is 88.9 Å². The van der Waals surface area contributed by atoms with E-state index in [0.717, 1.165) is 11.3 Å². The number of Topliss-reactive ketones (excluding diaryl/α,β-unsaturated/α-hetero) is 1. The topological polar surface area (TPSA) is 68.7 Å². The molecule has 0 saturated heterocycles. The Morgan fingerprint density at radius 2 is 1.90 bits per heavy atom. The fourth-order valence-corrected chi connectivity index (χ4v) is 3.21. The first-order valence-electron chi connectivity index (χ1n) is 9.41. The maximum atomic E-state index is 12.8.